The van der Waals surface area contributed by atoms with Gasteiger partial charge in [0.2, 0.25) is 0 Å². The van der Waals surface area contributed by atoms with Crippen molar-refractivity contribution in [1.82, 2.24) is 24.6 Å². The van der Waals surface area contributed by atoms with Crippen molar-refractivity contribution in [1.29, 1.82) is 0 Å². The molecule has 0 amide bonds. The van der Waals surface area contributed by atoms with Crippen molar-refractivity contribution in [3.8, 4) is 0 Å². The highest BCUT2D eigenvalue weighted by atomic mass is 15.3. The Bertz CT molecular complexity index is 442. The van der Waals surface area contributed by atoms with Gasteiger partial charge < -0.3 is 9.88 Å². The number of nitrogens with zero attached hydrogens (tertiary/aromatic N) is 4. The Balaban J connectivity index is 2.36. The summed E-state index contributed by atoms with van der Waals surface area (Å²) in [6.07, 6.45) is 5.59. The van der Waals surface area contributed by atoms with Crippen LogP contribution in [0.1, 0.15) is 17.4 Å². The summed E-state index contributed by atoms with van der Waals surface area (Å²) in [5, 5.41) is 7.63. The van der Waals surface area contributed by atoms with Crippen LogP contribution in [0.4, 0.5) is 0 Å². The van der Waals surface area contributed by atoms with E-state index in [0.717, 1.165) is 11.4 Å². The SMILES string of the molecule is CNC(c1ccn(C)n1)c1cncn1C. The Labute approximate surface area is 88.7 Å². The lowest BCUT2D eigenvalue weighted by atomic mass is 10.1. The second-order valence-electron chi connectivity index (χ2n) is 3.57. The molecule has 0 fully saturated rings. The topological polar surface area (TPSA) is 47.7 Å². The maximum atomic E-state index is 4.39. The van der Waals surface area contributed by atoms with E-state index in [1.165, 1.54) is 0 Å². The largest absolute Gasteiger partial charge is 0.336 e. The predicted molar refractivity (Wildman–Crippen MR) is 57.3 cm³/mol. The van der Waals surface area contributed by atoms with Gasteiger partial charge in [0.25, 0.3) is 0 Å². The first kappa shape index (κ1) is 9.92. The van der Waals surface area contributed by atoms with Crippen molar-refractivity contribution < 1.29 is 0 Å². The van der Waals surface area contributed by atoms with Crippen molar-refractivity contribution >= 4 is 0 Å². The van der Waals surface area contributed by atoms with Gasteiger partial charge in [0.05, 0.1) is 30.0 Å². The maximum Gasteiger partial charge on any atom is 0.0946 e. The molecule has 1 unspecified atom stereocenters. The summed E-state index contributed by atoms with van der Waals surface area (Å²) < 4.78 is 3.80. The van der Waals surface area contributed by atoms with E-state index in [1.807, 2.05) is 44.2 Å². The van der Waals surface area contributed by atoms with Gasteiger partial charge in [0.1, 0.15) is 0 Å². The zero-order chi connectivity index (χ0) is 10.8. The Hall–Kier alpha value is -1.62. The number of nitrogens with one attached hydrogen (secondary N) is 1. The molecule has 2 rings (SSSR count). The fourth-order valence-electron chi connectivity index (χ4n) is 1.68. The van der Waals surface area contributed by atoms with E-state index in [0.29, 0.717) is 0 Å². The van der Waals surface area contributed by atoms with Crippen molar-refractivity contribution in [2.45, 2.75) is 6.04 Å². The zero-order valence-corrected chi connectivity index (χ0v) is 9.18. The molecule has 2 heterocycles. The van der Waals surface area contributed by atoms with Crippen LogP contribution in [-0.4, -0.2) is 26.4 Å². The van der Waals surface area contributed by atoms with Gasteiger partial charge >= 0.3 is 0 Å². The Kier molecular flexibility index (Phi) is 2.55. The smallest absolute Gasteiger partial charge is 0.0946 e. The quantitative estimate of drug-likeness (QED) is 0.792. The summed E-state index contributed by atoms with van der Waals surface area (Å²) >= 11 is 0. The van der Waals surface area contributed by atoms with Crippen molar-refractivity contribution in [2.24, 2.45) is 14.1 Å². The minimum atomic E-state index is 0.0960. The van der Waals surface area contributed by atoms with Crippen LogP contribution in [0.5, 0.6) is 0 Å². The van der Waals surface area contributed by atoms with E-state index in [-0.39, 0.29) is 6.04 Å². The van der Waals surface area contributed by atoms with E-state index >= 15 is 0 Å². The molecule has 1 N–H and O–H groups in total. The number of rotatable bonds is 3. The van der Waals surface area contributed by atoms with Gasteiger partial charge in [-0.1, -0.05) is 0 Å². The number of aryl methyl sites for hydroxylation is 2. The number of hydrogen-bond acceptors (Lipinski definition) is 3. The van der Waals surface area contributed by atoms with Crippen molar-refractivity contribution in [3.63, 3.8) is 0 Å². The first-order valence-corrected chi connectivity index (χ1v) is 4.85. The van der Waals surface area contributed by atoms with Crippen molar-refractivity contribution in [3.05, 3.63) is 36.2 Å². The first-order valence-electron chi connectivity index (χ1n) is 4.85. The van der Waals surface area contributed by atoms with Crippen LogP contribution in [0.25, 0.3) is 0 Å². The van der Waals surface area contributed by atoms with Gasteiger partial charge in [-0.3, -0.25) is 4.68 Å². The molecule has 15 heavy (non-hydrogen) atoms. The van der Waals surface area contributed by atoms with Crippen LogP contribution in [0, 0.1) is 0 Å². The summed E-state index contributed by atoms with van der Waals surface area (Å²) in [4.78, 5) is 4.11. The van der Waals surface area contributed by atoms with Gasteiger partial charge in [-0.05, 0) is 13.1 Å². The van der Waals surface area contributed by atoms with Crippen LogP contribution in [0.15, 0.2) is 24.8 Å². The minimum absolute atomic E-state index is 0.0960. The first-order chi connectivity index (χ1) is 7.22. The molecule has 80 valence electrons. The van der Waals surface area contributed by atoms with E-state index in [9.17, 15) is 0 Å². The number of imidazole rings is 1. The molecule has 0 radical (unpaired) electrons. The molecule has 2 aromatic heterocycles. The van der Waals surface area contributed by atoms with Crippen LogP contribution < -0.4 is 5.32 Å². The molecule has 2 aromatic rings. The Morgan fingerprint density at radius 2 is 2.20 bits per heavy atom. The average molecular weight is 205 g/mol. The zero-order valence-electron chi connectivity index (χ0n) is 9.18. The normalized spacial score (nSPS) is 13.0. The molecule has 0 aliphatic rings. The second kappa shape index (κ2) is 3.86. The average Bonchev–Trinajstić information content (AvgIpc) is 2.79. The van der Waals surface area contributed by atoms with Gasteiger partial charge in [0, 0.05) is 20.3 Å². The standard InChI is InChI=1S/C10H15N5/c1-11-10(8-4-5-15(3)13-8)9-6-12-7-14(9)2/h4-7,10-11H,1-3H3. The lowest BCUT2D eigenvalue weighted by Crippen LogP contribution is -2.20. The van der Waals surface area contributed by atoms with Crippen molar-refractivity contribution in [2.75, 3.05) is 7.05 Å². The van der Waals surface area contributed by atoms with E-state index < -0.39 is 0 Å². The summed E-state index contributed by atoms with van der Waals surface area (Å²) in [6.45, 7) is 0. The Morgan fingerprint density at radius 1 is 1.40 bits per heavy atom. The maximum absolute atomic E-state index is 4.39. The molecule has 0 aliphatic carbocycles. The predicted octanol–water partition coefficient (Wildman–Crippen LogP) is 0.462. The van der Waals surface area contributed by atoms with Crippen LogP contribution in [0.3, 0.4) is 0 Å². The number of aromatic nitrogens is 4. The lowest BCUT2D eigenvalue weighted by molar-refractivity contribution is 0.605. The lowest BCUT2D eigenvalue weighted by Gasteiger charge is -2.13. The van der Waals surface area contributed by atoms with Gasteiger partial charge in [-0.15, -0.1) is 0 Å². The third kappa shape index (κ3) is 1.78. The molecule has 1 atom stereocenters. The van der Waals surface area contributed by atoms with Crippen LogP contribution in [0.2, 0.25) is 0 Å². The van der Waals surface area contributed by atoms with Crippen LogP contribution in [-0.2, 0) is 14.1 Å². The summed E-state index contributed by atoms with van der Waals surface area (Å²) in [5.41, 5.74) is 2.11. The van der Waals surface area contributed by atoms with E-state index in [2.05, 4.69) is 15.4 Å². The highest BCUT2D eigenvalue weighted by molar-refractivity contribution is 5.19. The highest BCUT2D eigenvalue weighted by Crippen LogP contribution is 2.18. The second-order valence-corrected chi connectivity index (χ2v) is 3.57. The third-order valence-corrected chi connectivity index (χ3v) is 2.47. The Morgan fingerprint density at radius 3 is 2.67 bits per heavy atom. The summed E-state index contributed by atoms with van der Waals surface area (Å²) in [6, 6.07) is 2.10. The molecule has 0 aliphatic heterocycles. The molecule has 0 bridgehead atoms. The fourth-order valence-corrected chi connectivity index (χ4v) is 1.68. The highest BCUT2D eigenvalue weighted by Gasteiger charge is 2.17. The van der Waals surface area contributed by atoms with E-state index in [4.69, 9.17) is 0 Å². The van der Waals surface area contributed by atoms with E-state index in [1.54, 1.807) is 11.0 Å². The molecule has 0 spiro atoms. The number of hydrogen-bond donors (Lipinski definition) is 1. The van der Waals surface area contributed by atoms with Gasteiger partial charge in [-0.25, -0.2) is 4.98 Å². The third-order valence-electron chi connectivity index (χ3n) is 2.47. The molecule has 5 heteroatoms. The minimum Gasteiger partial charge on any atom is -0.336 e. The molecule has 0 saturated carbocycles. The molecular weight excluding hydrogens is 190 g/mol. The molecule has 5 nitrogen and oxygen atoms in total. The van der Waals surface area contributed by atoms with Gasteiger partial charge in [-0.2, -0.15) is 5.10 Å². The van der Waals surface area contributed by atoms with Crippen LogP contribution >= 0.6 is 0 Å². The fraction of sp³-hybridized carbons (Fsp3) is 0.400. The summed E-state index contributed by atoms with van der Waals surface area (Å²) in [5.74, 6) is 0. The van der Waals surface area contributed by atoms with Gasteiger partial charge in [0.15, 0.2) is 0 Å². The molecule has 0 saturated heterocycles. The summed E-state index contributed by atoms with van der Waals surface area (Å²) in [7, 11) is 5.82. The monoisotopic (exact) mass is 205 g/mol. The molecule has 0 aromatic carbocycles. The molecular formula is C10H15N5.